The average Bonchev–Trinajstić information content (AvgIpc) is 2.96. The Hall–Kier alpha value is -2.56. The van der Waals surface area contributed by atoms with Crippen LogP contribution in [-0.2, 0) is 18.3 Å². The Balaban J connectivity index is 2.25. The number of methoxy groups -OCH3 is 1. The van der Waals surface area contributed by atoms with E-state index in [1.807, 2.05) is 48.1 Å². The van der Waals surface area contributed by atoms with E-state index in [1.165, 1.54) is 11.8 Å². The van der Waals surface area contributed by atoms with Gasteiger partial charge in [0.25, 0.3) is 5.56 Å². The number of nitriles is 1. The van der Waals surface area contributed by atoms with Crippen LogP contribution in [0.5, 0.6) is 0 Å². The predicted octanol–water partition coefficient (Wildman–Crippen LogP) is 2.66. The summed E-state index contributed by atoms with van der Waals surface area (Å²) in [5.41, 5.74) is 3.01. The Kier molecular flexibility index (Phi) is 5.22. The maximum Gasteiger partial charge on any atom is 0.278 e. The van der Waals surface area contributed by atoms with Gasteiger partial charge < -0.3 is 9.30 Å². The molecular formula is C18H18N4O2S. The largest absolute Gasteiger partial charge is 0.383 e. The Labute approximate surface area is 149 Å². The predicted molar refractivity (Wildman–Crippen MR) is 98.6 cm³/mol. The van der Waals surface area contributed by atoms with Crippen molar-refractivity contribution < 1.29 is 4.74 Å². The van der Waals surface area contributed by atoms with Crippen LogP contribution in [0.4, 0.5) is 0 Å². The molecule has 0 unspecified atom stereocenters. The number of aryl methyl sites for hydroxylation is 1. The zero-order chi connectivity index (χ0) is 17.8. The molecule has 0 N–H and O–H groups in total. The molecule has 0 aliphatic rings. The number of hydrogen-bond donors (Lipinski definition) is 0. The first-order valence-corrected chi connectivity index (χ1v) is 8.80. The van der Waals surface area contributed by atoms with Gasteiger partial charge in [-0.2, -0.15) is 5.26 Å². The van der Waals surface area contributed by atoms with E-state index in [9.17, 15) is 4.79 Å². The maximum absolute atomic E-state index is 13.0. The lowest BCUT2D eigenvalue weighted by molar-refractivity contribution is 0.183. The normalized spacial score (nSPS) is 10.9. The van der Waals surface area contributed by atoms with Gasteiger partial charge >= 0.3 is 0 Å². The highest BCUT2D eigenvalue weighted by molar-refractivity contribution is 7.99. The maximum atomic E-state index is 13.0. The third-order valence-electron chi connectivity index (χ3n) is 3.91. The molecule has 0 radical (unpaired) electrons. The van der Waals surface area contributed by atoms with Crippen LogP contribution in [0.25, 0.3) is 22.2 Å². The van der Waals surface area contributed by atoms with Crippen molar-refractivity contribution >= 4 is 22.8 Å². The molecule has 0 fully saturated rings. The first-order valence-electron chi connectivity index (χ1n) is 7.81. The minimum atomic E-state index is -0.118. The molecule has 2 aromatic heterocycles. The molecule has 2 heterocycles. The molecule has 0 amide bonds. The Morgan fingerprint density at radius 3 is 2.76 bits per heavy atom. The fourth-order valence-electron chi connectivity index (χ4n) is 2.77. The van der Waals surface area contributed by atoms with E-state index in [0.29, 0.717) is 29.3 Å². The highest BCUT2D eigenvalue weighted by Crippen LogP contribution is 2.28. The number of ether oxygens (including phenoxy) is 1. The molecule has 0 spiro atoms. The minimum Gasteiger partial charge on any atom is -0.383 e. The Morgan fingerprint density at radius 1 is 1.32 bits per heavy atom. The van der Waals surface area contributed by atoms with Crippen molar-refractivity contribution in [1.29, 1.82) is 5.26 Å². The Bertz CT molecular complexity index is 986. The lowest BCUT2D eigenvalue weighted by Gasteiger charge is -2.11. The second-order valence-corrected chi connectivity index (χ2v) is 6.45. The van der Waals surface area contributed by atoms with Gasteiger partial charge in [-0.1, -0.05) is 42.1 Å². The van der Waals surface area contributed by atoms with Gasteiger partial charge in [0.1, 0.15) is 11.0 Å². The summed E-state index contributed by atoms with van der Waals surface area (Å²) >= 11 is 1.27. The highest BCUT2D eigenvalue weighted by atomic mass is 32.2. The molecule has 0 aliphatic carbocycles. The van der Waals surface area contributed by atoms with Crippen LogP contribution in [-0.4, -0.2) is 33.6 Å². The zero-order valence-electron chi connectivity index (χ0n) is 14.1. The van der Waals surface area contributed by atoms with Gasteiger partial charge in [0, 0.05) is 25.9 Å². The van der Waals surface area contributed by atoms with Crippen molar-refractivity contribution in [2.24, 2.45) is 7.05 Å². The van der Waals surface area contributed by atoms with Gasteiger partial charge in [0.15, 0.2) is 5.16 Å². The monoisotopic (exact) mass is 354 g/mol. The van der Waals surface area contributed by atoms with E-state index < -0.39 is 0 Å². The fraction of sp³-hybridized carbons (Fsp3) is 0.278. The summed E-state index contributed by atoms with van der Waals surface area (Å²) in [4.78, 5) is 17.8. The number of hydrogen-bond acceptors (Lipinski definition) is 5. The van der Waals surface area contributed by atoms with Crippen LogP contribution in [0, 0.1) is 11.3 Å². The third kappa shape index (κ3) is 3.31. The van der Waals surface area contributed by atoms with Crippen LogP contribution in [0.1, 0.15) is 0 Å². The molecule has 3 aromatic rings. The smallest absolute Gasteiger partial charge is 0.278 e. The van der Waals surface area contributed by atoms with Crippen LogP contribution in [0.3, 0.4) is 0 Å². The first kappa shape index (κ1) is 17.3. The lowest BCUT2D eigenvalue weighted by atomic mass is 10.1. The Morgan fingerprint density at radius 2 is 2.08 bits per heavy atom. The summed E-state index contributed by atoms with van der Waals surface area (Å²) in [6, 6.07) is 11.9. The van der Waals surface area contributed by atoms with Crippen LogP contribution in [0.2, 0.25) is 0 Å². The van der Waals surface area contributed by atoms with E-state index in [2.05, 4.69) is 6.07 Å². The van der Waals surface area contributed by atoms with Crippen LogP contribution in [0.15, 0.2) is 46.5 Å². The molecular weight excluding hydrogens is 336 g/mol. The lowest BCUT2D eigenvalue weighted by Crippen LogP contribution is -2.26. The second-order valence-electron chi connectivity index (χ2n) is 5.51. The van der Waals surface area contributed by atoms with E-state index >= 15 is 0 Å². The van der Waals surface area contributed by atoms with E-state index in [4.69, 9.17) is 15.0 Å². The molecule has 0 saturated carbocycles. The molecule has 6 nitrogen and oxygen atoms in total. The van der Waals surface area contributed by atoms with Crippen molar-refractivity contribution in [2.45, 2.75) is 11.7 Å². The molecule has 128 valence electrons. The van der Waals surface area contributed by atoms with Gasteiger partial charge in [-0.15, -0.1) is 0 Å². The van der Waals surface area contributed by atoms with Crippen molar-refractivity contribution in [3.05, 3.63) is 46.9 Å². The summed E-state index contributed by atoms with van der Waals surface area (Å²) in [5, 5.41) is 9.44. The summed E-state index contributed by atoms with van der Waals surface area (Å²) < 4.78 is 8.51. The number of benzene rings is 1. The van der Waals surface area contributed by atoms with Gasteiger partial charge in [-0.05, 0) is 5.56 Å². The molecule has 25 heavy (non-hydrogen) atoms. The van der Waals surface area contributed by atoms with Gasteiger partial charge in [0.05, 0.1) is 25.0 Å². The number of rotatable bonds is 6. The first-order chi connectivity index (χ1) is 12.2. The number of fused-ring (bicyclic) bond motifs is 1. The van der Waals surface area contributed by atoms with E-state index in [-0.39, 0.29) is 11.3 Å². The topological polar surface area (TPSA) is 72.8 Å². The molecule has 0 saturated heterocycles. The molecule has 7 heteroatoms. The average molecular weight is 354 g/mol. The summed E-state index contributed by atoms with van der Waals surface area (Å²) in [5.74, 6) is 0.235. The SMILES string of the molecule is COCCn1c(SCC#N)nc2c(-c3ccccc3)cn(C)c2c1=O. The molecule has 0 atom stereocenters. The third-order valence-corrected chi connectivity index (χ3v) is 4.75. The number of nitrogens with zero attached hydrogens (tertiary/aromatic N) is 4. The van der Waals surface area contributed by atoms with Crippen LogP contribution >= 0.6 is 11.8 Å². The van der Waals surface area contributed by atoms with Crippen molar-refractivity contribution in [3.63, 3.8) is 0 Å². The molecule has 1 aromatic carbocycles. The minimum absolute atomic E-state index is 0.118. The molecule has 0 bridgehead atoms. The fourth-order valence-corrected chi connectivity index (χ4v) is 3.45. The van der Waals surface area contributed by atoms with Crippen LogP contribution < -0.4 is 5.56 Å². The number of thioether (sulfide) groups is 1. The van der Waals surface area contributed by atoms with Crippen molar-refractivity contribution in [3.8, 4) is 17.2 Å². The summed E-state index contributed by atoms with van der Waals surface area (Å²) in [7, 11) is 3.44. The van der Waals surface area contributed by atoms with Gasteiger partial charge in [0.2, 0.25) is 0 Å². The van der Waals surface area contributed by atoms with Crippen molar-refractivity contribution in [1.82, 2.24) is 14.1 Å². The standard InChI is InChI=1S/C18H18N4O2S/c1-21-12-14(13-6-4-3-5-7-13)15-16(21)17(23)22(9-10-24-2)18(20-15)25-11-8-19/h3-7,12H,9-11H2,1-2H3. The summed E-state index contributed by atoms with van der Waals surface area (Å²) in [6.45, 7) is 0.807. The van der Waals surface area contributed by atoms with Crippen molar-refractivity contribution in [2.75, 3.05) is 19.5 Å². The zero-order valence-corrected chi connectivity index (χ0v) is 14.9. The van der Waals surface area contributed by atoms with Gasteiger partial charge in [-0.25, -0.2) is 4.98 Å². The molecule has 0 aliphatic heterocycles. The molecule has 3 rings (SSSR count). The number of aromatic nitrogens is 3. The van der Waals surface area contributed by atoms with E-state index in [1.54, 1.807) is 11.7 Å². The van der Waals surface area contributed by atoms with Gasteiger partial charge in [-0.3, -0.25) is 9.36 Å². The second kappa shape index (κ2) is 7.55. The van der Waals surface area contributed by atoms with E-state index in [0.717, 1.165) is 11.1 Å². The highest BCUT2D eigenvalue weighted by Gasteiger charge is 2.18. The summed E-state index contributed by atoms with van der Waals surface area (Å²) in [6.07, 6.45) is 1.92. The quantitative estimate of drug-likeness (QED) is 0.503.